The molecule has 0 fully saturated rings. The van der Waals surface area contributed by atoms with E-state index in [1.165, 1.54) is 11.3 Å². The summed E-state index contributed by atoms with van der Waals surface area (Å²) in [7, 11) is 0. The summed E-state index contributed by atoms with van der Waals surface area (Å²) in [4.78, 5) is 25.6. The third kappa shape index (κ3) is 4.78. The summed E-state index contributed by atoms with van der Waals surface area (Å²) in [6.45, 7) is 3.78. The average molecular weight is 395 g/mol. The van der Waals surface area contributed by atoms with Crippen molar-refractivity contribution in [3.8, 4) is 16.2 Å². The SMILES string of the molecule is CCOC(=O)c1cc(-c2ccccc2)sc1NC(=O)COc1ccccc1C. The van der Waals surface area contributed by atoms with Crippen LogP contribution in [0.15, 0.2) is 60.7 Å². The molecule has 28 heavy (non-hydrogen) atoms. The molecular weight excluding hydrogens is 374 g/mol. The lowest BCUT2D eigenvalue weighted by Crippen LogP contribution is -2.21. The predicted octanol–water partition coefficient (Wildman–Crippen LogP) is 4.92. The minimum Gasteiger partial charge on any atom is -0.483 e. The second-order valence-electron chi connectivity index (χ2n) is 6.04. The average Bonchev–Trinajstić information content (AvgIpc) is 3.12. The van der Waals surface area contributed by atoms with Crippen LogP contribution in [0.4, 0.5) is 5.00 Å². The molecular formula is C22H21NO4S. The van der Waals surface area contributed by atoms with Gasteiger partial charge in [-0.1, -0.05) is 48.5 Å². The van der Waals surface area contributed by atoms with Gasteiger partial charge in [0.15, 0.2) is 6.61 Å². The Morgan fingerprint density at radius 1 is 1.04 bits per heavy atom. The topological polar surface area (TPSA) is 64.6 Å². The highest BCUT2D eigenvalue weighted by molar-refractivity contribution is 7.20. The molecule has 0 saturated heterocycles. The fraction of sp³-hybridized carbons (Fsp3) is 0.182. The van der Waals surface area contributed by atoms with Crippen molar-refractivity contribution in [1.82, 2.24) is 0 Å². The molecule has 0 bridgehead atoms. The van der Waals surface area contributed by atoms with Crippen LogP contribution in [0.5, 0.6) is 5.75 Å². The molecule has 3 aromatic rings. The zero-order valence-electron chi connectivity index (χ0n) is 15.7. The summed E-state index contributed by atoms with van der Waals surface area (Å²) in [6.07, 6.45) is 0. The van der Waals surface area contributed by atoms with Crippen molar-refractivity contribution in [2.45, 2.75) is 13.8 Å². The van der Waals surface area contributed by atoms with Gasteiger partial charge >= 0.3 is 5.97 Å². The van der Waals surface area contributed by atoms with Crippen molar-refractivity contribution in [3.05, 3.63) is 71.8 Å². The van der Waals surface area contributed by atoms with Gasteiger partial charge in [0.1, 0.15) is 10.8 Å². The molecule has 0 unspecified atom stereocenters. The van der Waals surface area contributed by atoms with Crippen LogP contribution in [0.25, 0.3) is 10.4 Å². The Bertz CT molecular complexity index is 966. The predicted molar refractivity (Wildman–Crippen MR) is 111 cm³/mol. The number of carbonyl (C=O) groups is 2. The van der Waals surface area contributed by atoms with Crippen molar-refractivity contribution < 1.29 is 19.1 Å². The van der Waals surface area contributed by atoms with Crippen LogP contribution in [0.3, 0.4) is 0 Å². The summed E-state index contributed by atoms with van der Waals surface area (Å²) >= 11 is 1.33. The van der Waals surface area contributed by atoms with Gasteiger partial charge in [-0.3, -0.25) is 4.79 Å². The first-order valence-electron chi connectivity index (χ1n) is 8.93. The van der Waals surface area contributed by atoms with Crippen molar-refractivity contribution in [1.29, 1.82) is 0 Å². The monoisotopic (exact) mass is 395 g/mol. The summed E-state index contributed by atoms with van der Waals surface area (Å²) in [5, 5.41) is 3.24. The molecule has 3 rings (SSSR count). The highest BCUT2D eigenvalue weighted by Crippen LogP contribution is 2.36. The highest BCUT2D eigenvalue weighted by atomic mass is 32.1. The van der Waals surface area contributed by atoms with Crippen molar-refractivity contribution in [2.24, 2.45) is 0 Å². The Morgan fingerprint density at radius 3 is 2.46 bits per heavy atom. The van der Waals surface area contributed by atoms with Crippen molar-refractivity contribution in [3.63, 3.8) is 0 Å². The molecule has 1 aromatic heterocycles. The number of rotatable bonds is 7. The van der Waals surface area contributed by atoms with Gasteiger partial charge in [-0.15, -0.1) is 11.3 Å². The van der Waals surface area contributed by atoms with E-state index in [2.05, 4.69) is 5.32 Å². The molecule has 0 aliphatic rings. The number of carbonyl (C=O) groups excluding carboxylic acids is 2. The third-order valence-corrected chi connectivity index (χ3v) is 5.09. The Kier molecular flexibility index (Phi) is 6.45. The standard InChI is InChI=1S/C22H21NO4S/c1-3-26-22(25)17-13-19(16-10-5-4-6-11-16)28-21(17)23-20(24)14-27-18-12-8-7-9-15(18)2/h4-13H,3,14H2,1-2H3,(H,23,24). The van der Waals surface area contributed by atoms with E-state index in [1.807, 2.05) is 61.5 Å². The molecule has 0 atom stereocenters. The Balaban J connectivity index is 1.77. The van der Waals surface area contributed by atoms with E-state index in [4.69, 9.17) is 9.47 Å². The first-order chi connectivity index (χ1) is 13.6. The van der Waals surface area contributed by atoms with Crippen molar-refractivity contribution in [2.75, 3.05) is 18.5 Å². The van der Waals surface area contributed by atoms with E-state index in [-0.39, 0.29) is 19.1 Å². The highest BCUT2D eigenvalue weighted by Gasteiger charge is 2.20. The maximum atomic E-state index is 12.4. The van der Waals surface area contributed by atoms with Gasteiger partial charge in [0.2, 0.25) is 0 Å². The number of amides is 1. The van der Waals surface area contributed by atoms with E-state index in [0.29, 0.717) is 16.3 Å². The number of esters is 1. The van der Waals surface area contributed by atoms with E-state index in [9.17, 15) is 9.59 Å². The minimum atomic E-state index is -0.462. The Morgan fingerprint density at radius 2 is 1.75 bits per heavy atom. The number of para-hydroxylation sites is 1. The second kappa shape index (κ2) is 9.19. The van der Waals surface area contributed by atoms with E-state index >= 15 is 0 Å². The number of hydrogen-bond donors (Lipinski definition) is 1. The number of hydrogen-bond acceptors (Lipinski definition) is 5. The van der Waals surface area contributed by atoms with Gasteiger partial charge in [0.25, 0.3) is 5.91 Å². The fourth-order valence-corrected chi connectivity index (χ4v) is 3.68. The van der Waals surface area contributed by atoms with Crippen molar-refractivity contribution >= 4 is 28.2 Å². The van der Waals surface area contributed by atoms with Gasteiger partial charge in [-0.25, -0.2) is 4.79 Å². The van der Waals surface area contributed by atoms with Gasteiger partial charge in [0, 0.05) is 4.88 Å². The summed E-state index contributed by atoms with van der Waals surface area (Å²) in [5.74, 6) is -0.147. The largest absolute Gasteiger partial charge is 0.483 e. The molecule has 2 aromatic carbocycles. The maximum Gasteiger partial charge on any atom is 0.341 e. The van der Waals surface area contributed by atoms with Crippen LogP contribution >= 0.6 is 11.3 Å². The third-order valence-electron chi connectivity index (χ3n) is 3.99. The van der Waals surface area contributed by atoms with Crippen LogP contribution < -0.4 is 10.1 Å². The number of nitrogens with one attached hydrogen (secondary N) is 1. The second-order valence-corrected chi connectivity index (χ2v) is 7.09. The van der Waals surface area contributed by atoms with Crippen LogP contribution in [0.1, 0.15) is 22.8 Å². The number of anilines is 1. The molecule has 0 spiro atoms. The molecule has 144 valence electrons. The smallest absolute Gasteiger partial charge is 0.341 e. The molecule has 6 heteroatoms. The zero-order chi connectivity index (χ0) is 19.9. The summed E-state index contributed by atoms with van der Waals surface area (Å²) < 4.78 is 10.7. The lowest BCUT2D eigenvalue weighted by atomic mass is 10.1. The molecule has 0 saturated carbocycles. The fourth-order valence-electron chi connectivity index (χ4n) is 2.61. The van der Waals surface area contributed by atoms with E-state index in [1.54, 1.807) is 13.0 Å². The Hall–Kier alpha value is -3.12. The first-order valence-corrected chi connectivity index (χ1v) is 9.74. The summed E-state index contributed by atoms with van der Waals surface area (Å²) in [6, 6.07) is 18.9. The molecule has 1 N–H and O–H groups in total. The summed E-state index contributed by atoms with van der Waals surface area (Å²) in [5.41, 5.74) is 2.26. The number of aryl methyl sites for hydroxylation is 1. The van der Waals surface area contributed by atoms with Crippen LogP contribution in [-0.4, -0.2) is 25.1 Å². The number of thiophene rings is 1. The quantitative estimate of drug-likeness (QED) is 0.577. The number of benzene rings is 2. The lowest BCUT2D eigenvalue weighted by molar-refractivity contribution is -0.118. The lowest BCUT2D eigenvalue weighted by Gasteiger charge is -2.09. The van der Waals surface area contributed by atoms with Crippen LogP contribution in [-0.2, 0) is 9.53 Å². The van der Waals surface area contributed by atoms with E-state index < -0.39 is 5.97 Å². The van der Waals surface area contributed by atoms with Gasteiger partial charge in [-0.2, -0.15) is 0 Å². The van der Waals surface area contributed by atoms with E-state index in [0.717, 1.165) is 16.0 Å². The van der Waals surface area contributed by atoms with Gasteiger partial charge < -0.3 is 14.8 Å². The molecule has 5 nitrogen and oxygen atoms in total. The molecule has 0 radical (unpaired) electrons. The molecule has 0 aliphatic carbocycles. The minimum absolute atomic E-state index is 0.147. The molecule has 1 heterocycles. The van der Waals surface area contributed by atoms with Gasteiger partial charge in [0.05, 0.1) is 12.2 Å². The molecule has 1 amide bonds. The Labute approximate surface area is 167 Å². The zero-order valence-corrected chi connectivity index (χ0v) is 16.5. The normalized spacial score (nSPS) is 10.4. The van der Waals surface area contributed by atoms with Crippen LogP contribution in [0, 0.1) is 6.92 Å². The van der Waals surface area contributed by atoms with Gasteiger partial charge in [-0.05, 0) is 37.1 Å². The number of ether oxygens (including phenoxy) is 2. The molecule has 0 aliphatic heterocycles. The maximum absolute atomic E-state index is 12.4. The first kappa shape index (κ1) is 19.6. The van der Waals surface area contributed by atoms with Crippen LogP contribution in [0.2, 0.25) is 0 Å².